The number of fused-ring (bicyclic) bond motifs is 3. The standard InChI is InChI=1S/C19H19F3N6O2/c1-10-14(6-23-28(10)18-24-15-4-2-3-13(15)16(29)25-18)17(30)26-7-11-5-12(8-26)27(11)9-19(20,21)22/h2,4,6,11-12H,3,5,7-9H2,1H3,(H,24,25,29). The van der Waals surface area contributed by atoms with Crippen LogP contribution >= 0.6 is 0 Å². The van der Waals surface area contributed by atoms with E-state index >= 15 is 0 Å². The number of carbonyl (C=O) groups is 1. The monoisotopic (exact) mass is 420 g/mol. The molecule has 6 rings (SSSR count). The number of hydrogen-bond acceptors (Lipinski definition) is 5. The van der Waals surface area contributed by atoms with Gasteiger partial charge in [-0.2, -0.15) is 18.3 Å². The number of halogens is 3. The van der Waals surface area contributed by atoms with Gasteiger partial charge in [0.1, 0.15) is 0 Å². The molecule has 2 aromatic heterocycles. The number of aromatic amines is 1. The molecule has 3 saturated heterocycles. The van der Waals surface area contributed by atoms with Crippen molar-refractivity contribution < 1.29 is 18.0 Å². The number of allylic oxidation sites excluding steroid dienone is 1. The van der Waals surface area contributed by atoms with Gasteiger partial charge in [0.25, 0.3) is 11.5 Å². The minimum atomic E-state index is -4.24. The normalized spacial score (nSPS) is 22.9. The van der Waals surface area contributed by atoms with Gasteiger partial charge in [0.05, 0.1) is 29.7 Å². The SMILES string of the molecule is Cc1c(C(=O)N2CC3CC(C2)N3CC(F)(F)F)cnn1-c1nc2c(c(=O)[nH]1)CC=C2. The quantitative estimate of drug-likeness (QED) is 0.809. The molecule has 1 N–H and O–H groups in total. The predicted octanol–water partition coefficient (Wildman–Crippen LogP) is 1.29. The van der Waals surface area contributed by atoms with E-state index in [1.165, 1.54) is 15.8 Å². The van der Waals surface area contributed by atoms with Gasteiger partial charge in [0.2, 0.25) is 5.95 Å². The number of amides is 1. The number of piperidine rings is 1. The molecule has 2 aromatic rings. The Hall–Kier alpha value is -2.95. The zero-order valence-corrected chi connectivity index (χ0v) is 16.1. The Morgan fingerprint density at radius 2 is 2.03 bits per heavy atom. The highest BCUT2D eigenvalue weighted by molar-refractivity contribution is 5.95. The van der Waals surface area contributed by atoms with Crippen molar-refractivity contribution in [3.63, 3.8) is 0 Å². The van der Waals surface area contributed by atoms with E-state index in [9.17, 15) is 22.8 Å². The van der Waals surface area contributed by atoms with E-state index in [1.807, 2.05) is 6.08 Å². The number of nitrogens with one attached hydrogen (secondary N) is 1. The first-order valence-corrected chi connectivity index (χ1v) is 9.68. The Morgan fingerprint density at radius 1 is 1.30 bits per heavy atom. The summed E-state index contributed by atoms with van der Waals surface area (Å²) in [6.07, 6.45) is 2.00. The van der Waals surface area contributed by atoms with Gasteiger partial charge in [-0.25, -0.2) is 9.67 Å². The number of aromatic nitrogens is 4. The molecule has 2 unspecified atom stereocenters. The minimum absolute atomic E-state index is 0.222. The average molecular weight is 420 g/mol. The van der Waals surface area contributed by atoms with Gasteiger partial charge in [-0.1, -0.05) is 6.08 Å². The van der Waals surface area contributed by atoms with Crippen LogP contribution in [-0.4, -0.2) is 73.3 Å². The maximum Gasteiger partial charge on any atom is 0.401 e. The minimum Gasteiger partial charge on any atom is -0.335 e. The molecule has 2 atom stereocenters. The topological polar surface area (TPSA) is 87.1 Å². The summed E-state index contributed by atoms with van der Waals surface area (Å²) in [5, 5.41) is 4.22. The maximum atomic E-state index is 13.0. The number of piperazine rings is 1. The largest absolute Gasteiger partial charge is 0.401 e. The number of hydrogen-bond donors (Lipinski definition) is 1. The van der Waals surface area contributed by atoms with Crippen LogP contribution < -0.4 is 5.56 Å². The first-order valence-electron chi connectivity index (χ1n) is 9.68. The average Bonchev–Trinajstić information content (AvgIpc) is 3.32. The van der Waals surface area contributed by atoms with E-state index in [0.29, 0.717) is 35.4 Å². The van der Waals surface area contributed by atoms with Crippen LogP contribution in [0, 0.1) is 6.92 Å². The molecule has 30 heavy (non-hydrogen) atoms. The lowest BCUT2D eigenvalue weighted by atomic mass is 9.87. The molecule has 3 aliphatic heterocycles. The number of nitrogens with zero attached hydrogens (tertiary/aromatic N) is 5. The van der Waals surface area contributed by atoms with Crippen LogP contribution in [0.1, 0.15) is 33.7 Å². The highest BCUT2D eigenvalue weighted by Crippen LogP contribution is 2.35. The lowest BCUT2D eigenvalue weighted by Gasteiger charge is -2.56. The molecule has 1 aliphatic carbocycles. The van der Waals surface area contributed by atoms with Crippen molar-refractivity contribution in [3.05, 3.63) is 45.1 Å². The Balaban J connectivity index is 1.36. The van der Waals surface area contributed by atoms with Crippen LogP contribution in [0.4, 0.5) is 13.2 Å². The fourth-order valence-electron chi connectivity index (χ4n) is 4.55. The van der Waals surface area contributed by atoms with Crippen molar-refractivity contribution in [3.8, 4) is 5.95 Å². The predicted molar refractivity (Wildman–Crippen MR) is 100 cm³/mol. The summed E-state index contributed by atoms with van der Waals surface area (Å²) in [6, 6.07) is -0.544. The third-order valence-electron chi connectivity index (χ3n) is 6.07. The Bertz CT molecular complexity index is 1110. The number of H-pyrrole nitrogens is 1. The Morgan fingerprint density at radius 3 is 2.73 bits per heavy atom. The molecule has 1 amide bonds. The molecule has 3 fully saturated rings. The number of rotatable bonds is 3. The van der Waals surface area contributed by atoms with Gasteiger partial charge in [-0.05, 0) is 25.8 Å². The fourth-order valence-corrected chi connectivity index (χ4v) is 4.55. The molecule has 0 spiro atoms. The maximum absolute atomic E-state index is 13.0. The zero-order valence-electron chi connectivity index (χ0n) is 16.1. The van der Waals surface area contributed by atoms with E-state index in [0.717, 1.165) is 0 Å². The summed E-state index contributed by atoms with van der Waals surface area (Å²) < 4.78 is 39.5. The molecule has 8 nitrogen and oxygen atoms in total. The molecule has 158 valence electrons. The fraction of sp³-hybridized carbons (Fsp3) is 0.474. The van der Waals surface area contributed by atoms with E-state index in [4.69, 9.17) is 0 Å². The van der Waals surface area contributed by atoms with Crippen LogP contribution in [0.3, 0.4) is 0 Å². The number of alkyl halides is 3. The Labute approximate surface area is 169 Å². The van der Waals surface area contributed by atoms with Crippen LogP contribution in [0.15, 0.2) is 17.1 Å². The van der Waals surface area contributed by atoms with Crippen LogP contribution in [-0.2, 0) is 6.42 Å². The lowest BCUT2D eigenvalue weighted by Crippen LogP contribution is -2.70. The second kappa shape index (κ2) is 6.53. The van der Waals surface area contributed by atoms with Crippen molar-refractivity contribution in [1.29, 1.82) is 0 Å². The summed E-state index contributed by atoms with van der Waals surface area (Å²) in [7, 11) is 0. The van der Waals surface area contributed by atoms with Crippen molar-refractivity contribution in [2.75, 3.05) is 19.6 Å². The van der Waals surface area contributed by atoms with Gasteiger partial charge >= 0.3 is 6.18 Å². The second-order valence-corrected chi connectivity index (χ2v) is 7.96. The zero-order chi connectivity index (χ0) is 21.2. The van der Waals surface area contributed by atoms with Crippen molar-refractivity contribution in [2.45, 2.75) is 38.0 Å². The first-order chi connectivity index (χ1) is 14.2. The van der Waals surface area contributed by atoms with E-state index < -0.39 is 12.7 Å². The van der Waals surface area contributed by atoms with Gasteiger partial charge < -0.3 is 4.90 Å². The second-order valence-electron chi connectivity index (χ2n) is 7.96. The van der Waals surface area contributed by atoms with Crippen molar-refractivity contribution >= 4 is 12.0 Å². The van der Waals surface area contributed by atoms with Crippen molar-refractivity contribution in [2.24, 2.45) is 0 Å². The molecular formula is C19H19F3N6O2. The summed E-state index contributed by atoms with van der Waals surface area (Å²) in [6.45, 7) is 1.28. The van der Waals surface area contributed by atoms with Gasteiger partial charge in [0, 0.05) is 30.7 Å². The molecular weight excluding hydrogens is 401 g/mol. The third-order valence-corrected chi connectivity index (χ3v) is 6.07. The molecule has 5 heterocycles. The van der Waals surface area contributed by atoms with Gasteiger partial charge in [-0.3, -0.25) is 19.5 Å². The van der Waals surface area contributed by atoms with Crippen LogP contribution in [0.2, 0.25) is 0 Å². The summed E-state index contributed by atoms with van der Waals surface area (Å²) in [4.78, 5) is 35.4. The highest BCUT2D eigenvalue weighted by atomic mass is 19.4. The number of carbonyl (C=O) groups excluding carboxylic acids is 1. The first kappa shape index (κ1) is 19.0. The summed E-state index contributed by atoms with van der Waals surface area (Å²) in [5.41, 5.74) is 1.78. The van der Waals surface area contributed by atoms with Gasteiger partial charge in [0.15, 0.2) is 0 Å². The van der Waals surface area contributed by atoms with E-state index in [2.05, 4.69) is 15.1 Å². The highest BCUT2D eigenvalue weighted by Gasteiger charge is 2.49. The van der Waals surface area contributed by atoms with Crippen LogP contribution in [0.25, 0.3) is 12.0 Å². The van der Waals surface area contributed by atoms with E-state index in [1.54, 1.807) is 17.9 Å². The summed E-state index contributed by atoms with van der Waals surface area (Å²) >= 11 is 0. The van der Waals surface area contributed by atoms with Gasteiger partial charge in [-0.15, -0.1) is 0 Å². The van der Waals surface area contributed by atoms with Crippen molar-refractivity contribution in [1.82, 2.24) is 29.5 Å². The Kier molecular flexibility index (Phi) is 4.14. The molecule has 0 aromatic carbocycles. The molecule has 2 bridgehead atoms. The molecule has 0 radical (unpaired) electrons. The molecule has 11 heteroatoms. The third kappa shape index (κ3) is 3.04. The van der Waals surface area contributed by atoms with Crippen LogP contribution in [0.5, 0.6) is 0 Å². The molecule has 0 saturated carbocycles. The smallest absolute Gasteiger partial charge is 0.335 e. The molecule has 4 aliphatic rings. The lowest BCUT2D eigenvalue weighted by molar-refractivity contribution is -0.184. The van der Waals surface area contributed by atoms with E-state index in [-0.39, 0.29) is 42.6 Å². The summed E-state index contributed by atoms with van der Waals surface area (Å²) in [5.74, 6) is -0.0526.